The van der Waals surface area contributed by atoms with Crippen molar-refractivity contribution in [2.45, 2.75) is 26.0 Å². The number of carbonyl (C=O) groups excluding carboxylic acids is 2. The molecule has 3 aromatic rings. The Balaban J connectivity index is 1.64. The molecule has 1 atom stereocenters. The highest BCUT2D eigenvalue weighted by atomic mass is 79.9. The summed E-state index contributed by atoms with van der Waals surface area (Å²) >= 11 is 4.89. The van der Waals surface area contributed by atoms with Gasteiger partial charge in [0.2, 0.25) is 0 Å². The highest BCUT2D eigenvalue weighted by Crippen LogP contribution is 2.28. The lowest BCUT2D eigenvalue weighted by molar-refractivity contribution is -0.145. The van der Waals surface area contributed by atoms with Gasteiger partial charge in [-0.1, -0.05) is 58.4 Å². The second kappa shape index (κ2) is 10.9. The second-order valence-corrected chi connectivity index (χ2v) is 8.37. The Morgan fingerprint density at radius 1 is 1.10 bits per heavy atom. The number of alkyl carbamates (subject to hydrolysis) is 1. The van der Waals surface area contributed by atoms with Gasteiger partial charge in [-0.05, 0) is 30.2 Å². The minimum Gasteiger partial charge on any atom is -0.464 e. The Bertz CT molecular complexity index is 976. The molecular formula is C22H21BrN2O4S. The van der Waals surface area contributed by atoms with Gasteiger partial charge < -0.3 is 14.8 Å². The Morgan fingerprint density at radius 3 is 2.53 bits per heavy atom. The van der Waals surface area contributed by atoms with Crippen LogP contribution in [0.4, 0.5) is 4.79 Å². The Hall–Kier alpha value is -2.71. The zero-order valence-corrected chi connectivity index (χ0v) is 18.7. The first-order valence-corrected chi connectivity index (χ1v) is 11.0. The van der Waals surface area contributed by atoms with E-state index in [9.17, 15) is 9.59 Å². The molecule has 0 aliphatic carbocycles. The average molecular weight is 489 g/mol. The van der Waals surface area contributed by atoms with E-state index in [0.29, 0.717) is 5.01 Å². The van der Waals surface area contributed by atoms with E-state index in [1.54, 1.807) is 13.1 Å². The van der Waals surface area contributed by atoms with Gasteiger partial charge in [-0.3, -0.25) is 0 Å². The number of amides is 1. The summed E-state index contributed by atoms with van der Waals surface area (Å²) < 4.78 is 11.3. The zero-order chi connectivity index (χ0) is 21.3. The molecule has 8 heteroatoms. The van der Waals surface area contributed by atoms with E-state index in [-0.39, 0.29) is 19.6 Å². The predicted octanol–water partition coefficient (Wildman–Crippen LogP) is 4.97. The summed E-state index contributed by atoms with van der Waals surface area (Å²) in [6.07, 6.45) is 1.31. The lowest BCUT2D eigenvalue weighted by Crippen LogP contribution is -2.43. The molecule has 2 aromatic carbocycles. The van der Waals surface area contributed by atoms with Crippen molar-refractivity contribution in [2.24, 2.45) is 0 Å². The van der Waals surface area contributed by atoms with Crippen LogP contribution in [0.25, 0.3) is 10.4 Å². The minimum absolute atomic E-state index is 0.118. The lowest BCUT2D eigenvalue weighted by Gasteiger charge is -2.16. The summed E-state index contributed by atoms with van der Waals surface area (Å²) in [4.78, 5) is 30.0. The van der Waals surface area contributed by atoms with Crippen LogP contribution in [-0.2, 0) is 27.3 Å². The molecule has 0 fully saturated rings. The van der Waals surface area contributed by atoms with Gasteiger partial charge in [0.25, 0.3) is 0 Å². The molecule has 0 bridgehead atoms. The molecule has 156 valence electrons. The summed E-state index contributed by atoms with van der Waals surface area (Å²) in [7, 11) is 0. The van der Waals surface area contributed by atoms with Crippen molar-refractivity contribution in [3.05, 3.63) is 75.8 Å². The van der Waals surface area contributed by atoms with Crippen LogP contribution in [0.3, 0.4) is 0 Å². The van der Waals surface area contributed by atoms with E-state index in [4.69, 9.17) is 9.47 Å². The van der Waals surface area contributed by atoms with E-state index >= 15 is 0 Å². The fourth-order valence-corrected chi connectivity index (χ4v) is 3.90. The maximum absolute atomic E-state index is 12.4. The van der Waals surface area contributed by atoms with Crippen molar-refractivity contribution in [3.8, 4) is 10.4 Å². The molecule has 1 heterocycles. The third-order valence-corrected chi connectivity index (χ3v) is 5.73. The van der Waals surface area contributed by atoms with Crippen LogP contribution in [0.2, 0.25) is 0 Å². The Morgan fingerprint density at radius 2 is 1.83 bits per heavy atom. The number of nitrogens with zero attached hydrogens (tertiary/aromatic N) is 1. The maximum atomic E-state index is 12.4. The predicted molar refractivity (Wildman–Crippen MR) is 119 cm³/mol. The molecule has 1 unspecified atom stereocenters. The first-order valence-electron chi connectivity index (χ1n) is 9.39. The topological polar surface area (TPSA) is 77.5 Å². The summed E-state index contributed by atoms with van der Waals surface area (Å²) in [6, 6.07) is 16.3. The van der Waals surface area contributed by atoms with Crippen molar-refractivity contribution in [2.75, 3.05) is 6.61 Å². The number of hydrogen-bond donors (Lipinski definition) is 1. The second-order valence-electron chi connectivity index (χ2n) is 6.34. The van der Waals surface area contributed by atoms with Crippen molar-refractivity contribution in [1.29, 1.82) is 0 Å². The first kappa shape index (κ1) is 22.0. The molecule has 1 aromatic heterocycles. The third-order valence-electron chi connectivity index (χ3n) is 4.14. The van der Waals surface area contributed by atoms with Gasteiger partial charge >= 0.3 is 12.1 Å². The minimum atomic E-state index is -0.878. The molecular weight excluding hydrogens is 468 g/mol. The standard InChI is InChI=1S/C22H21BrN2O4S/c1-2-28-21(26)18(25-22(27)29-14-15-6-4-3-5-7-15)12-20-24-13-19(30-20)16-8-10-17(23)11-9-16/h3-11,13,18H,2,12,14H2,1H3,(H,25,27). The maximum Gasteiger partial charge on any atom is 0.408 e. The number of rotatable bonds is 8. The molecule has 6 nitrogen and oxygen atoms in total. The number of carbonyl (C=O) groups is 2. The largest absolute Gasteiger partial charge is 0.464 e. The zero-order valence-electron chi connectivity index (χ0n) is 16.3. The van der Waals surface area contributed by atoms with Crippen LogP contribution in [-0.4, -0.2) is 29.7 Å². The van der Waals surface area contributed by atoms with Crippen LogP contribution < -0.4 is 5.32 Å². The third kappa shape index (κ3) is 6.40. The van der Waals surface area contributed by atoms with Crippen molar-refractivity contribution < 1.29 is 19.1 Å². The van der Waals surface area contributed by atoms with Crippen molar-refractivity contribution >= 4 is 39.3 Å². The molecule has 3 rings (SSSR count). The highest BCUT2D eigenvalue weighted by molar-refractivity contribution is 9.10. The van der Waals surface area contributed by atoms with Crippen LogP contribution in [0.5, 0.6) is 0 Å². The van der Waals surface area contributed by atoms with Gasteiger partial charge in [0.05, 0.1) is 16.5 Å². The van der Waals surface area contributed by atoms with Gasteiger partial charge in [-0.15, -0.1) is 11.3 Å². The SMILES string of the molecule is CCOC(=O)C(Cc1ncc(-c2ccc(Br)cc2)s1)NC(=O)OCc1ccccc1. The molecule has 0 saturated carbocycles. The monoisotopic (exact) mass is 488 g/mol. The number of ether oxygens (including phenoxy) is 2. The molecule has 1 N–H and O–H groups in total. The van der Waals surface area contributed by atoms with Crippen molar-refractivity contribution in [1.82, 2.24) is 10.3 Å². The number of esters is 1. The number of aromatic nitrogens is 1. The number of benzene rings is 2. The van der Waals surface area contributed by atoms with Gasteiger partial charge in [-0.2, -0.15) is 0 Å². The molecule has 0 aliphatic heterocycles. The highest BCUT2D eigenvalue weighted by Gasteiger charge is 2.25. The molecule has 0 radical (unpaired) electrons. The van der Waals surface area contributed by atoms with Gasteiger partial charge in [0.1, 0.15) is 12.6 Å². The van der Waals surface area contributed by atoms with E-state index in [1.165, 1.54) is 11.3 Å². The fraction of sp³-hybridized carbons (Fsp3) is 0.227. The van der Waals surface area contributed by atoms with Crippen LogP contribution in [0, 0.1) is 0 Å². The molecule has 0 spiro atoms. The summed E-state index contributed by atoms with van der Waals surface area (Å²) in [5, 5.41) is 3.32. The van der Waals surface area contributed by atoms with Crippen LogP contribution in [0.15, 0.2) is 65.3 Å². The number of hydrogen-bond acceptors (Lipinski definition) is 6. The van der Waals surface area contributed by atoms with E-state index in [2.05, 4.69) is 26.2 Å². The van der Waals surface area contributed by atoms with Gasteiger partial charge in [0, 0.05) is 17.1 Å². The Kier molecular flexibility index (Phi) is 7.98. The van der Waals surface area contributed by atoms with E-state index < -0.39 is 18.1 Å². The van der Waals surface area contributed by atoms with E-state index in [1.807, 2.05) is 54.6 Å². The fourth-order valence-electron chi connectivity index (χ4n) is 2.67. The number of thiazole rings is 1. The average Bonchev–Trinajstić information content (AvgIpc) is 3.22. The lowest BCUT2D eigenvalue weighted by atomic mass is 10.2. The summed E-state index contributed by atoms with van der Waals surface area (Å²) in [6.45, 7) is 2.06. The first-order chi connectivity index (χ1) is 14.5. The quantitative estimate of drug-likeness (QED) is 0.452. The number of halogens is 1. The Labute approximate surface area is 187 Å². The normalized spacial score (nSPS) is 11.5. The van der Waals surface area contributed by atoms with Gasteiger partial charge in [-0.25, -0.2) is 14.6 Å². The molecule has 30 heavy (non-hydrogen) atoms. The van der Waals surface area contributed by atoms with Crippen molar-refractivity contribution in [3.63, 3.8) is 0 Å². The van der Waals surface area contributed by atoms with E-state index in [0.717, 1.165) is 20.5 Å². The van der Waals surface area contributed by atoms with Crippen LogP contribution >= 0.6 is 27.3 Å². The smallest absolute Gasteiger partial charge is 0.408 e. The molecule has 0 saturated heterocycles. The van der Waals surface area contributed by atoms with Crippen LogP contribution in [0.1, 0.15) is 17.5 Å². The van der Waals surface area contributed by atoms with Gasteiger partial charge in [0.15, 0.2) is 0 Å². The molecule has 1 amide bonds. The number of nitrogens with one attached hydrogen (secondary N) is 1. The molecule has 0 aliphatic rings. The summed E-state index contributed by atoms with van der Waals surface area (Å²) in [5.74, 6) is -0.519. The summed E-state index contributed by atoms with van der Waals surface area (Å²) in [5.41, 5.74) is 1.89.